The molecule has 0 saturated carbocycles. The summed E-state index contributed by atoms with van der Waals surface area (Å²) in [5, 5.41) is 12.5. The van der Waals surface area contributed by atoms with Gasteiger partial charge in [-0.1, -0.05) is 18.2 Å². The smallest absolute Gasteiger partial charge is 0.348 e. The van der Waals surface area contributed by atoms with E-state index in [0.717, 1.165) is 37.2 Å². The molecule has 0 aliphatic rings. The van der Waals surface area contributed by atoms with Gasteiger partial charge in [-0.25, -0.2) is 14.2 Å². The van der Waals surface area contributed by atoms with Gasteiger partial charge in [0.2, 0.25) is 5.36 Å². The molecule has 1 N–H and O–H groups in total. The summed E-state index contributed by atoms with van der Waals surface area (Å²) in [4.78, 5) is 28.0. The molecule has 0 radical (unpaired) electrons. The minimum Gasteiger partial charge on any atom is -0.478 e. The number of rotatable bonds is 7. The number of hydrogen-bond acceptors (Lipinski definition) is 5. The second-order valence-electron chi connectivity index (χ2n) is 9.13. The van der Waals surface area contributed by atoms with Crippen LogP contribution in [-0.4, -0.2) is 37.3 Å². The lowest BCUT2D eigenvalue weighted by molar-refractivity contribution is 0.0697. The van der Waals surface area contributed by atoms with Gasteiger partial charge in [0.25, 0.3) is 0 Å². The van der Waals surface area contributed by atoms with E-state index in [2.05, 4.69) is 37.2 Å². The standard InChI is InChI=1S/C31H30N2O5/c1-5-32(6-2)19-13-15-23-25(17-19)37-29-24-16-14-20(33(7-3)8-4)18-26(24)38-31(36)28(29)27(23)21-11-9-10-12-22(21)30(34)35/h9-18H,5-8H2,1-4H3/p+1. The molecule has 0 bridgehead atoms. The molecule has 0 fully saturated rings. The molecule has 2 heterocycles. The van der Waals surface area contributed by atoms with Gasteiger partial charge in [0.1, 0.15) is 29.6 Å². The molecule has 194 valence electrons. The highest BCUT2D eigenvalue weighted by Gasteiger charge is 2.23. The maximum Gasteiger partial charge on any atom is 0.348 e. The van der Waals surface area contributed by atoms with Gasteiger partial charge in [0.15, 0.2) is 5.58 Å². The number of hydrogen-bond donors (Lipinski definition) is 1. The molecular weight excluding hydrogens is 480 g/mol. The number of anilines is 1. The molecule has 0 spiro atoms. The molecule has 7 nitrogen and oxygen atoms in total. The summed E-state index contributed by atoms with van der Waals surface area (Å²) in [6, 6.07) is 18.3. The number of carboxylic acid groups (broad SMARTS) is 1. The first-order valence-corrected chi connectivity index (χ1v) is 13.0. The number of aromatic carboxylic acids is 1. The first-order valence-electron chi connectivity index (χ1n) is 13.0. The van der Waals surface area contributed by atoms with Crippen molar-refractivity contribution in [2.45, 2.75) is 27.7 Å². The Bertz CT molecular complexity index is 1820. The first kappa shape index (κ1) is 25.3. The monoisotopic (exact) mass is 511 g/mol. The molecule has 0 aliphatic carbocycles. The fraction of sp³-hybridized carbons (Fsp3) is 0.258. The Balaban J connectivity index is 1.99. The van der Waals surface area contributed by atoms with Crippen molar-refractivity contribution in [2.75, 3.05) is 31.1 Å². The number of nitrogens with zero attached hydrogens (tertiary/aromatic N) is 2. The van der Waals surface area contributed by atoms with Crippen LogP contribution in [0.3, 0.4) is 0 Å². The Hall–Kier alpha value is -4.39. The number of carbonyl (C=O) groups is 1. The molecule has 0 atom stereocenters. The minimum atomic E-state index is -1.07. The van der Waals surface area contributed by atoms with Crippen LogP contribution in [-0.2, 0) is 0 Å². The Morgan fingerprint density at radius 3 is 2.24 bits per heavy atom. The highest BCUT2D eigenvalue weighted by atomic mass is 16.4. The van der Waals surface area contributed by atoms with Gasteiger partial charge in [-0.15, -0.1) is 0 Å². The van der Waals surface area contributed by atoms with Crippen molar-refractivity contribution >= 4 is 44.6 Å². The molecule has 38 heavy (non-hydrogen) atoms. The highest BCUT2D eigenvalue weighted by molar-refractivity contribution is 6.16. The molecule has 5 rings (SSSR count). The SMILES string of the molecule is CCN(CC)c1ccc2c(-c3ccccc3C(=O)O)c3c(=O)oc4cc(=[N+](CC)CC)ccc4c3oc2c1. The van der Waals surface area contributed by atoms with Crippen LogP contribution in [0.15, 0.2) is 74.3 Å². The van der Waals surface area contributed by atoms with Crippen LogP contribution in [0.5, 0.6) is 0 Å². The van der Waals surface area contributed by atoms with Crippen molar-refractivity contribution in [1.29, 1.82) is 0 Å². The summed E-state index contributed by atoms with van der Waals surface area (Å²) in [6.07, 6.45) is 0. The summed E-state index contributed by atoms with van der Waals surface area (Å²) in [5.41, 5.74) is 2.81. The summed E-state index contributed by atoms with van der Waals surface area (Å²) in [7, 11) is 0. The van der Waals surface area contributed by atoms with Crippen molar-refractivity contribution in [3.05, 3.63) is 82.0 Å². The molecule has 0 saturated heterocycles. The van der Waals surface area contributed by atoms with E-state index in [1.165, 1.54) is 0 Å². The van der Waals surface area contributed by atoms with Crippen LogP contribution in [0.2, 0.25) is 0 Å². The van der Waals surface area contributed by atoms with Crippen LogP contribution in [0.4, 0.5) is 5.69 Å². The second kappa shape index (κ2) is 10.2. The zero-order chi connectivity index (χ0) is 27.0. The second-order valence-corrected chi connectivity index (χ2v) is 9.13. The van der Waals surface area contributed by atoms with Crippen molar-refractivity contribution in [1.82, 2.24) is 4.58 Å². The third kappa shape index (κ3) is 4.14. The maximum atomic E-state index is 13.6. The molecule has 0 aliphatic heterocycles. The van der Waals surface area contributed by atoms with Crippen LogP contribution in [0.1, 0.15) is 38.1 Å². The van der Waals surface area contributed by atoms with Crippen molar-refractivity contribution in [3.63, 3.8) is 0 Å². The fourth-order valence-corrected chi connectivity index (χ4v) is 5.27. The van der Waals surface area contributed by atoms with E-state index in [9.17, 15) is 14.7 Å². The third-order valence-corrected chi connectivity index (χ3v) is 7.22. The van der Waals surface area contributed by atoms with Gasteiger partial charge in [-0.2, -0.15) is 0 Å². The van der Waals surface area contributed by atoms with E-state index in [1.807, 2.05) is 36.4 Å². The molecule has 2 aromatic heterocycles. The molecule has 3 aromatic carbocycles. The average Bonchev–Trinajstić information content (AvgIpc) is 2.93. The minimum absolute atomic E-state index is 0.102. The lowest BCUT2D eigenvalue weighted by atomic mass is 9.93. The zero-order valence-corrected chi connectivity index (χ0v) is 22.1. The lowest BCUT2D eigenvalue weighted by Gasteiger charge is -2.22. The Morgan fingerprint density at radius 1 is 0.868 bits per heavy atom. The quantitative estimate of drug-likeness (QED) is 0.130. The first-order chi connectivity index (χ1) is 18.4. The summed E-state index contributed by atoms with van der Waals surface area (Å²) >= 11 is 0. The van der Waals surface area contributed by atoms with Crippen molar-refractivity contribution in [3.8, 4) is 11.1 Å². The molecular formula is C31H31N2O5+. The van der Waals surface area contributed by atoms with Crippen molar-refractivity contribution in [2.24, 2.45) is 0 Å². The van der Waals surface area contributed by atoms with Crippen LogP contribution < -0.4 is 20.5 Å². The lowest BCUT2D eigenvalue weighted by Crippen LogP contribution is -2.29. The molecule has 0 amide bonds. The van der Waals surface area contributed by atoms with Gasteiger partial charge in [-0.05, 0) is 57.5 Å². The summed E-state index contributed by atoms with van der Waals surface area (Å²) in [6.45, 7) is 11.6. The Labute approximate surface area is 219 Å². The largest absolute Gasteiger partial charge is 0.478 e. The van der Waals surface area contributed by atoms with Crippen LogP contribution >= 0.6 is 0 Å². The Kier molecular flexibility index (Phi) is 6.76. The molecule has 7 heteroatoms. The van der Waals surface area contributed by atoms with Crippen molar-refractivity contribution < 1.29 is 18.7 Å². The average molecular weight is 512 g/mol. The number of fused-ring (bicyclic) bond motifs is 4. The highest BCUT2D eigenvalue weighted by Crippen LogP contribution is 2.40. The fourth-order valence-electron chi connectivity index (χ4n) is 5.27. The van der Waals surface area contributed by atoms with Gasteiger partial charge in [-0.3, -0.25) is 0 Å². The summed E-state index contributed by atoms with van der Waals surface area (Å²) in [5.74, 6) is -1.07. The van der Waals surface area contributed by atoms with E-state index in [4.69, 9.17) is 8.83 Å². The van der Waals surface area contributed by atoms with E-state index in [-0.39, 0.29) is 10.9 Å². The number of carboxylic acids is 1. The normalized spacial score (nSPS) is 11.4. The van der Waals surface area contributed by atoms with Crippen LogP contribution in [0.25, 0.3) is 44.0 Å². The predicted octanol–water partition coefficient (Wildman–Crippen LogP) is 5.72. The van der Waals surface area contributed by atoms with Gasteiger partial charge >= 0.3 is 11.6 Å². The van der Waals surface area contributed by atoms with Gasteiger partial charge in [0.05, 0.1) is 17.0 Å². The van der Waals surface area contributed by atoms with E-state index >= 15 is 0 Å². The zero-order valence-electron chi connectivity index (χ0n) is 22.1. The van der Waals surface area contributed by atoms with Gasteiger partial charge < -0.3 is 18.8 Å². The van der Waals surface area contributed by atoms with E-state index in [0.29, 0.717) is 38.6 Å². The third-order valence-electron chi connectivity index (χ3n) is 7.22. The Morgan fingerprint density at radius 2 is 1.55 bits per heavy atom. The van der Waals surface area contributed by atoms with E-state index in [1.54, 1.807) is 24.3 Å². The molecule has 5 aromatic rings. The predicted molar refractivity (Wildman–Crippen MR) is 152 cm³/mol. The molecule has 0 unspecified atom stereocenters. The van der Waals surface area contributed by atoms with Gasteiger partial charge in [0, 0.05) is 41.9 Å². The van der Waals surface area contributed by atoms with Crippen LogP contribution in [0, 0.1) is 0 Å². The number of benzene rings is 3. The maximum absolute atomic E-state index is 13.6. The van der Waals surface area contributed by atoms with E-state index < -0.39 is 11.6 Å². The topological polar surface area (TPSA) is 86.9 Å². The summed E-state index contributed by atoms with van der Waals surface area (Å²) < 4.78 is 14.5.